The first-order chi connectivity index (χ1) is 8.13. The molecule has 0 heterocycles. The number of aliphatic hydroxyl groups is 1. The van der Waals surface area contributed by atoms with Crippen LogP contribution in [0.5, 0.6) is 0 Å². The van der Waals surface area contributed by atoms with Crippen LogP contribution in [0, 0.1) is 30.3 Å². The highest BCUT2D eigenvalue weighted by Gasteiger charge is 2.63. The molecule has 1 N–H and O–H groups in total. The van der Waals surface area contributed by atoms with Crippen LogP contribution < -0.4 is 0 Å². The van der Waals surface area contributed by atoms with Gasteiger partial charge in [-0.25, -0.2) is 0 Å². The fourth-order valence-electron chi connectivity index (χ4n) is 1.24. The number of hydrogen-bond donors (Lipinski definition) is 1. The molecule has 0 fully saturated rings. The van der Waals surface area contributed by atoms with Crippen molar-refractivity contribution in [2.75, 3.05) is 0 Å². The van der Waals surface area contributed by atoms with Crippen LogP contribution in [0.3, 0.4) is 0 Å². The van der Waals surface area contributed by atoms with Crippen molar-refractivity contribution in [3.63, 3.8) is 0 Å². The number of hydrogen-bond acceptors (Lipinski definition) is 7. The van der Waals surface area contributed by atoms with Crippen LogP contribution in [-0.2, 0) is 0 Å². The molecule has 0 amide bonds. The molecule has 0 aromatic carbocycles. The Morgan fingerprint density at radius 1 is 1.22 bits per heavy atom. The van der Waals surface area contributed by atoms with Crippen molar-refractivity contribution in [3.05, 3.63) is 53.6 Å². The maximum Gasteiger partial charge on any atom is 0.384 e. The molecule has 0 bridgehead atoms. The molecular weight excluding hydrogens is 297 g/mol. The van der Waals surface area contributed by atoms with E-state index in [2.05, 4.69) is 0 Å². The molecule has 0 saturated heterocycles. The van der Waals surface area contributed by atoms with Gasteiger partial charge < -0.3 is 5.11 Å². The highest BCUT2D eigenvalue weighted by atomic mass is 35.5. The Labute approximate surface area is 108 Å². The zero-order chi connectivity index (χ0) is 14.2. The first kappa shape index (κ1) is 14.1. The molecule has 1 aliphatic rings. The normalized spacial score (nSPS) is 27.7. The van der Waals surface area contributed by atoms with Gasteiger partial charge in [-0.1, -0.05) is 0 Å². The van der Waals surface area contributed by atoms with E-state index in [9.17, 15) is 35.4 Å². The lowest BCUT2D eigenvalue weighted by atomic mass is 10.0. The molecule has 0 aromatic rings. The fraction of sp³-hybridized carbons (Fsp3) is 0.333. The van der Waals surface area contributed by atoms with Gasteiger partial charge in [0.25, 0.3) is 11.5 Å². The zero-order valence-corrected chi connectivity index (χ0v) is 9.66. The van der Waals surface area contributed by atoms with Crippen molar-refractivity contribution in [3.8, 4) is 0 Å². The molecular formula is C6H3Cl2N3O7. The number of nitrogens with zero attached hydrogens (tertiary/aromatic N) is 3. The second kappa shape index (κ2) is 4.38. The SMILES string of the molecule is O=[N+]([O-])C1=CC([N+](=O)[O-])=C(O)C(Cl)([N+](=O)[O-])C1Cl. The van der Waals surface area contributed by atoms with E-state index in [-0.39, 0.29) is 0 Å². The third-order valence-corrected chi connectivity index (χ3v) is 3.31. The van der Waals surface area contributed by atoms with E-state index in [1.54, 1.807) is 0 Å². The lowest BCUT2D eigenvalue weighted by Crippen LogP contribution is -2.48. The van der Waals surface area contributed by atoms with Crippen LogP contribution in [0.25, 0.3) is 0 Å². The largest absolute Gasteiger partial charge is 0.500 e. The van der Waals surface area contributed by atoms with Gasteiger partial charge in [-0.2, -0.15) is 0 Å². The van der Waals surface area contributed by atoms with Crippen molar-refractivity contribution >= 4 is 23.2 Å². The first-order valence-electron chi connectivity index (χ1n) is 4.05. The minimum absolute atomic E-state index is 0.330. The molecule has 10 nitrogen and oxygen atoms in total. The number of nitro groups is 3. The van der Waals surface area contributed by atoms with E-state index >= 15 is 0 Å². The molecule has 2 atom stereocenters. The average molecular weight is 300 g/mol. The summed E-state index contributed by atoms with van der Waals surface area (Å²) in [6, 6.07) is 0. The highest BCUT2D eigenvalue weighted by molar-refractivity contribution is 6.34. The third-order valence-electron chi connectivity index (χ3n) is 2.13. The summed E-state index contributed by atoms with van der Waals surface area (Å²) in [5.41, 5.74) is -2.29. The summed E-state index contributed by atoms with van der Waals surface area (Å²) in [6.45, 7) is 0. The predicted octanol–water partition coefficient (Wildman–Crippen LogP) is 1.03. The van der Waals surface area contributed by atoms with E-state index in [0.717, 1.165) is 0 Å². The third kappa shape index (κ3) is 1.84. The van der Waals surface area contributed by atoms with Gasteiger partial charge in [-0.3, -0.25) is 30.3 Å². The summed E-state index contributed by atoms with van der Waals surface area (Å²) in [7, 11) is 0. The van der Waals surface area contributed by atoms with E-state index in [1.807, 2.05) is 0 Å². The van der Waals surface area contributed by atoms with Crippen LogP contribution in [0.2, 0.25) is 0 Å². The molecule has 1 rings (SSSR count). The van der Waals surface area contributed by atoms with Crippen LogP contribution in [0.1, 0.15) is 0 Å². The van der Waals surface area contributed by atoms with Crippen LogP contribution in [-0.4, -0.2) is 30.3 Å². The van der Waals surface area contributed by atoms with Gasteiger partial charge in [0.1, 0.15) is 0 Å². The number of allylic oxidation sites excluding steroid dienone is 1. The topological polar surface area (TPSA) is 150 Å². The van der Waals surface area contributed by atoms with E-state index < -0.39 is 42.3 Å². The van der Waals surface area contributed by atoms with E-state index in [0.29, 0.717) is 6.08 Å². The van der Waals surface area contributed by atoms with Crippen molar-refractivity contribution in [1.82, 2.24) is 0 Å². The van der Waals surface area contributed by atoms with Gasteiger partial charge in [0.05, 0.1) is 20.8 Å². The minimum Gasteiger partial charge on any atom is -0.500 e. The molecule has 0 aromatic heterocycles. The molecule has 0 radical (unpaired) electrons. The van der Waals surface area contributed by atoms with Crippen molar-refractivity contribution in [2.45, 2.75) is 10.4 Å². The van der Waals surface area contributed by atoms with Crippen molar-refractivity contribution in [1.29, 1.82) is 0 Å². The molecule has 1 aliphatic carbocycles. The predicted molar refractivity (Wildman–Crippen MR) is 56.9 cm³/mol. The van der Waals surface area contributed by atoms with Crippen LogP contribution in [0.15, 0.2) is 23.2 Å². The van der Waals surface area contributed by atoms with Gasteiger partial charge in [0.2, 0.25) is 5.38 Å². The Hall–Kier alpha value is -1.94. The van der Waals surface area contributed by atoms with Crippen LogP contribution in [0.4, 0.5) is 0 Å². The maximum absolute atomic E-state index is 10.8. The molecule has 0 saturated carbocycles. The molecule has 0 aliphatic heterocycles. The summed E-state index contributed by atoms with van der Waals surface area (Å²) in [6.07, 6.45) is 0.330. The number of rotatable bonds is 3. The lowest BCUT2D eigenvalue weighted by molar-refractivity contribution is -0.545. The van der Waals surface area contributed by atoms with E-state index in [4.69, 9.17) is 23.2 Å². The maximum atomic E-state index is 10.8. The standard InChI is InChI=1S/C6H3Cl2N3O7/c7-4-2(9(13)14)1-3(10(15)16)5(12)6(4,8)11(17)18/h1,4,12H. The molecule has 12 heteroatoms. The van der Waals surface area contributed by atoms with Gasteiger partial charge in [0.15, 0.2) is 0 Å². The van der Waals surface area contributed by atoms with Gasteiger partial charge in [0, 0.05) is 0 Å². The lowest BCUT2D eigenvalue weighted by Gasteiger charge is -2.22. The van der Waals surface area contributed by atoms with Gasteiger partial charge in [-0.15, -0.1) is 11.6 Å². The number of aliphatic hydroxyl groups excluding tert-OH is 1. The summed E-state index contributed by atoms with van der Waals surface area (Å²) >= 11 is 10.8. The van der Waals surface area contributed by atoms with Crippen LogP contribution >= 0.6 is 23.2 Å². The van der Waals surface area contributed by atoms with Crippen molar-refractivity contribution in [2.24, 2.45) is 0 Å². The first-order valence-corrected chi connectivity index (χ1v) is 4.87. The summed E-state index contributed by atoms with van der Waals surface area (Å²) in [5.74, 6) is -1.45. The minimum atomic E-state index is -3.05. The molecule has 0 spiro atoms. The summed E-state index contributed by atoms with van der Waals surface area (Å²) in [5, 5.41) is 39.2. The zero-order valence-electron chi connectivity index (χ0n) is 8.15. The summed E-state index contributed by atoms with van der Waals surface area (Å²) < 4.78 is 0. The molecule has 2 unspecified atom stereocenters. The Kier molecular flexibility index (Phi) is 3.44. The molecule has 98 valence electrons. The van der Waals surface area contributed by atoms with Crippen molar-refractivity contribution < 1.29 is 19.9 Å². The highest BCUT2D eigenvalue weighted by Crippen LogP contribution is 2.41. The average Bonchev–Trinajstić information content (AvgIpc) is 2.24. The second-order valence-electron chi connectivity index (χ2n) is 3.11. The second-order valence-corrected chi connectivity index (χ2v) is 4.12. The monoisotopic (exact) mass is 299 g/mol. The summed E-state index contributed by atoms with van der Waals surface area (Å²) in [4.78, 5) is 25.1. The van der Waals surface area contributed by atoms with E-state index in [1.165, 1.54) is 0 Å². The number of alkyl halides is 2. The van der Waals surface area contributed by atoms with Gasteiger partial charge >= 0.3 is 10.7 Å². The Morgan fingerprint density at radius 3 is 2.06 bits per heavy atom. The number of halogens is 2. The Balaban J connectivity index is 3.59. The molecule has 18 heavy (non-hydrogen) atoms. The fourth-order valence-corrected chi connectivity index (χ4v) is 1.77. The Bertz CT molecular complexity index is 515. The van der Waals surface area contributed by atoms with Gasteiger partial charge in [-0.05, 0) is 11.6 Å². The Morgan fingerprint density at radius 2 is 1.72 bits per heavy atom. The quantitative estimate of drug-likeness (QED) is 0.353. The smallest absolute Gasteiger partial charge is 0.384 e.